The monoisotopic (exact) mass is 401 g/mol. The van der Waals surface area contributed by atoms with E-state index in [1.165, 1.54) is 0 Å². The fraction of sp³-hybridized carbons (Fsp3) is 0.261. The summed E-state index contributed by atoms with van der Waals surface area (Å²) in [7, 11) is 0. The molecule has 30 heavy (non-hydrogen) atoms. The Kier molecular flexibility index (Phi) is 5.13. The molecule has 4 aromatic rings. The van der Waals surface area contributed by atoms with Crippen LogP contribution in [0.5, 0.6) is 0 Å². The lowest BCUT2D eigenvalue weighted by Crippen LogP contribution is -2.47. The van der Waals surface area contributed by atoms with Crippen LogP contribution in [0.2, 0.25) is 0 Å². The van der Waals surface area contributed by atoms with Gasteiger partial charge in [-0.25, -0.2) is 9.97 Å². The number of aliphatic hydroxyl groups is 1. The van der Waals surface area contributed by atoms with Gasteiger partial charge in [0.1, 0.15) is 0 Å². The van der Waals surface area contributed by atoms with E-state index in [1.807, 2.05) is 60.7 Å². The Balaban J connectivity index is 1.59. The van der Waals surface area contributed by atoms with Crippen molar-refractivity contribution >= 4 is 17.0 Å². The van der Waals surface area contributed by atoms with E-state index < -0.39 is 0 Å². The second-order valence-electron chi connectivity index (χ2n) is 7.33. The summed E-state index contributed by atoms with van der Waals surface area (Å²) in [5.41, 5.74) is 3.04. The number of nitrogens with zero attached hydrogens (tertiary/aromatic N) is 5. The largest absolute Gasteiger partial charge is 0.430 e. The van der Waals surface area contributed by atoms with Crippen LogP contribution in [0.4, 0.5) is 5.82 Å². The zero-order valence-electron chi connectivity index (χ0n) is 16.6. The van der Waals surface area contributed by atoms with Crippen molar-refractivity contribution in [1.29, 1.82) is 0 Å². The van der Waals surface area contributed by atoms with Gasteiger partial charge < -0.3 is 14.4 Å². The number of fused-ring (bicyclic) bond motifs is 1. The van der Waals surface area contributed by atoms with Crippen LogP contribution in [0.3, 0.4) is 0 Å². The van der Waals surface area contributed by atoms with Gasteiger partial charge in [-0.15, -0.1) is 0 Å². The molecule has 7 heteroatoms. The van der Waals surface area contributed by atoms with Crippen molar-refractivity contribution in [2.45, 2.75) is 0 Å². The third kappa shape index (κ3) is 3.65. The van der Waals surface area contributed by atoms with Crippen LogP contribution in [0.15, 0.2) is 65.1 Å². The van der Waals surface area contributed by atoms with E-state index in [2.05, 4.69) is 14.8 Å². The van der Waals surface area contributed by atoms with Gasteiger partial charge in [-0.2, -0.15) is 4.98 Å². The predicted molar refractivity (Wildman–Crippen MR) is 116 cm³/mol. The van der Waals surface area contributed by atoms with Crippen molar-refractivity contribution in [3.05, 3.63) is 60.7 Å². The van der Waals surface area contributed by atoms with Gasteiger partial charge >= 0.3 is 0 Å². The highest BCUT2D eigenvalue weighted by atomic mass is 16.4. The first-order valence-corrected chi connectivity index (χ1v) is 10.2. The molecule has 1 N–H and O–H groups in total. The van der Waals surface area contributed by atoms with Crippen molar-refractivity contribution in [3.63, 3.8) is 0 Å². The molecule has 0 saturated carbocycles. The van der Waals surface area contributed by atoms with Gasteiger partial charge in [-0.05, 0) is 12.1 Å². The van der Waals surface area contributed by atoms with Gasteiger partial charge in [0.15, 0.2) is 11.6 Å². The van der Waals surface area contributed by atoms with Crippen molar-refractivity contribution in [2.24, 2.45) is 0 Å². The SMILES string of the molecule is OCCN1CCN(c2nc(-c3ccccc3)nc3nc(-c4ccccc4)oc23)CC1. The van der Waals surface area contributed by atoms with Gasteiger partial charge in [-0.1, -0.05) is 48.5 Å². The summed E-state index contributed by atoms with van der Waals surface area (Å²) in [6.45, 7) is 4.23. The topological polar surface area (TPSA) is 78.5 Å². The zero-order valence-corrected chi connectivity index (χ0v) is 16.6. The van der Waals surface area contributed by atoms with E-state index in [0.717, 1.165) is 43.1 Å². The quantitative estimate of drug-likeness (QED) is 0.551. The highest BCUT2D eigenvalue weighted by molar-refractivity contribution is 5.85. The van der Waals surface area contributed by atoms with E-state index >= 15 is 0 Å². The lowest BCUT2D eigenvalue weighted by atomic mass is 10.2. The molecule has 0 spiro atoms. The van der Waals surface area contributed by atoms with Crippen molar-refractivity contribution in [3.8, 4) is 22.8 Å². The molecule has 152 valence electrons. The highest BCUT2D eigenvalue weighted by Gasteiger charge is 2.24. The summed E-state index contributed by atoms with van der Waals surface area (Å²) < 4.78 is 6.17. The highest BCUT2D eigenvalue weighted by Crippen LogP contribution is 2.32. The Bertz CT molecular complexity index is 1120. The van der Waals surface area contributed by atoms with Crippen LogP contribution in [-0.2, 0) is 0 Å². The Morgan fingerprint density at radius 3 is 2.13 bits per heavy atom. The number of piperazine rings is 1. The Morgan fingerprint density at radius 1 is 0.800 bits per heavy atom. The number of hydrogen-bond donors (Lipinski definition) is 1. The van der Waals surface area contributed by atoms with Crippen LogP contribution in [0.25, 0.3) is 34.1 Å². The van der Waals surface area contributed by atoms with E-state index in [-0.39, 0.29) is 6.61 Å². The molecule has 0 unspecified atom stereocenters. The van der Waals surface area contributed by atoms with E-state index in [9.17, 15) is 5.11 Å². The first-order chi connectivity index (χ1) is 14.8. The van der Waals surface area contributed by atoms with Gasteiger partial charge in [0.25, 0.3) is 0 Å². The predicted octanol–water partition coefficient (Wildman–Crippen LogP) is 3.07. The summed E-state index contributed by atoms with van der Waals surface area (Å²) in [5.74, 6) is 1.96. The van der Waals surface area contributed by atoms with Crippen LogP contribution < -0.4 is 4.90 Å². The van der Waals surface area contributed by atoms with Gasteiger partial charge in [0.05, 0.1) is 6.61 Å². The molecule has 1 aliphatic rings. The molecule has 0 radical (unpaired) electrons. The zero-order chi connectivity index (χ0) is 20.3. The minimum absolute atomic E-state index is 0.179. The second-order valence-corrected chi connectivity index (χ2v) is 7.33. The molecule has 0 aliphatic carbocycles. The van der Waals surface area contributed by atoms with Crippen LogP contribution in [0, 0.1) is 0 Å². The third-order valence-electron chi connectivity index (χ3n) is 5.38. The number of oxazole rings is 1. The van der Waals surface area contributed by atoms with Crippen molar-refractivity contribution in [2.75, 3.05) is 44.2 Å². The number of anilines is 1. The van der Waals surface area contributed by atoms with E-state index in [1.54, 1.807) is 0 Å². The first-order valence-electron chi connectivity index (χ1n) is 10.2. The molecule has 1 saturated heterocycles. The number of hydrogen-bond acceptors (Lipinski definition) is 7. The lowest BCUT2D eigenvalue weighted by Gasteiger charge is -2.34. The maximum Gasteiger partial charge on any atom is 0.229 e. The average Bonchev–Trinajstić information content (AvgIpc) is 3.25. The van der Waals surface area contributed by atoms with Crippen LogP contribution >= 0.6 is 0 Å². The third-order valence-corrected chi connectivity index (χ3v) is 5.38. The number of aromatic nitrogens is 3. The molecule has 2 aromatic heterocycles. The smallest absolute Gasteiger partial charge is 0.229 e. The van der Waals surface area contributed by atoms with E-state index in [0.29, 0.717) is 29.5 Å². The van der Waals surface area contributed by atoms with Crippen LogP contribution in [0.1, 0.15) is 0 Å². The number of β-amino-alcohol motifs (C(OH)–C–C–N with tert-alkyl or cyclic N) is 1. The molecule has 2 aromatic carbocycles. The molecule has 0 atom stereocenters. The molecular weight excluding hydrogens is 378 g/mol. The van der Waals surface area contributed by atoms with Gasteiger partial charge in [-0.3, -0.25) is 4.90 Å². The molecule has 0 amide bonds. The van der Waals surface area contributed by atoms with Crippen molar-refractivity contribution in [1.82, 2.24) is 19.9 Å². The molecule has 7 nitrogen and oxygen atoms in total. The molecule has 0 bridgehead atoms. The summed E-state index contributed by atoms with van der Waals surface area (Å²) in [6.07, 6.45) is 0. The molecule has 5 rings (SSSR count). The van der Waals surface area contributed by atoms with Gasteiger partial charge in [0.2, 0.25) is 17.1 Å². The fourth-order valence-electron chi connectivity index (χ4n) is 3.77. The minimum Gasteiger partial charge on any atom is -0.430 e. The number of rotatable bonds is 5. The standard InChI is InChI=1S/C23H23N5O2/c29-16-15-27-11-13-28(14-12-27)22-19-21(24-20(25-22)17-7-3-1-4-8-17)26-23(30-19)18-9-5-2-6-10-18/h1-10,29H,11-16H2. The van der Waals surface area contributed by atoms with Gasteiger partial charge in [0, 0.05) is 43.9 Å². The Hall–Kier alpha value is -3.29. The average molecular weight is 401 g/mol. The molecule has 1 fully saturated rings. The summed E-state index contributed by atoms with van der Waals surface area (Å²) in [6, 6.07) is 19.8. The molecule has 3 heterocycles. The second kappa shape index (κ2) is 8.22. The summed E-state index contributed by atoms with van der Waals surface area (Å²) in [4.78, 5) is 18.8. The maximum atomic E-state index is 9.22. The molecule has 1 aliphatic heterocycles. The first kappa shape index (κ1) is 18.7. The normalized spacial score (nSPS) is 15.0. The van der Waals surface area contributed by atoms with Crippen molar-refractivity contribution < 1.29 is 9.52 Å². The number of benzene rings is 2. The number of aliphatic hydroxyl groups excluding tert-OH is 1. The Labute approximate surface area is 174 Å². The molecular formula is C23H23N5O2. The maximum absolute atomic E-state index is 9.22. The van der Waals surface area contributed by atoms with E-state index in [4.69, 9.17) is 14.4 Å². The Morgan fingerprint density at radius 2 is 1.47 bits per heavy atom. The lowest BCUT2D eigenvalue weighted by molar-refractivity contribution is 0.188. The van der Waals surface area contributed by atoms with Crippen LogP contribution in [-0.4, -0.2) is 64.3 Å². The summed E-state index contributed by atoms with van der Waals surface area (Å²) >= 11 is 0. The fourth-order valence-corrected chi connectivity index (χ4v) is 3.77. The minimum atomic E-state index is 0.179. The summed E-state index contributed by atoms with van der Waals surface area (Å²) in [5, 5.41) is 9.22.